The van der Waals surface area contributed by atoms with Gasteiger partial charge in [-0.1, -0.05) is 69.3 Å². The van der Waals surface area contributed by atoms with Crippen LogP contribution in [0.1, 0.15) is 44.2 Å². The smallest absolute Gasteiger partial charge is 0.407 e. The molecule has 186 valence electrons. The van der Waals surface area contributed by atoms with Crippen LogP contribution in [0.5, 0.6) is 0 Å². The largest absolute Gasteiger partial charge is 0.479 e. The van der Waals surface area contributed by atoms with Crippen LogP contribution in [0.2, 0.25) is 0 Å². The predicted molar refractivity (Wildman–Crippen MR) is 130 cm³/mol. The summed E-state index contributed by atoms with van der Waals surface area (Å²) in [5, 5.41) is 14.8. The summed E-state index contributed by atoms with van der Waals surface area (Å²) in [6.07, 6.45) is -1.05. The van der Waals surface area contributed by atoms with Crippen LogP contribution >= 0.6 is 0 Å². The van der Waals surface area contributed by atoms with Gasteiger partial charge >= 0.3 is 12.1 Å². The number of alkyl carbamates (subject to hydrolysis) is 1. The van der Waals surface area contributed by atoms with Gasteiger partial charge in [-0.05, 0) is 34.1 Å². The number of rotatable bonds is 7. The van der Waals surface area contributed by atoms with Crippen molar-refractivity contribution in [2.24, 2.45) is 11.3 Å². The standard InChI is InChI=1S/C27H32N2O6/c1-27(2,3)23(24(30)28-14-16-12-13-34-22(16)25(31)32)29-26(33)35-15-21-19-10-6-4-8-17(19)18-9-5-7-11-20(18)21/h4-11,16,21-23H,12-15H2,1-3H3,(H,28,30)(H,29,33)(H,31,32)/t16-,22-,23+/m0/s1. The molecule has 2 aromatic carbocycles. The molecule has 0 unspecified atom stereocenters. The Kier molecular flexibility index (Phi) is 7.12. The van der Waals surface area contributed by atoms with Crippen LogP contribution in [0.15, 0.2) is 48.5 Å². The van der Waals surface area contributed by atoms with Crippen molar-refractivity contribution in [1.82, 2.24) is 10.6 Å². The minimum atomic E-state index is -1.04. The maximum atomic E-state index is 13.0. The summed E-state index contributed by atoms with van der Waals surface area (Å²) in [7, 11) is 0. The second-order valence-electron chi connectivity index (χ2n) is 10.2. The monoisotopic (exact) mass is 480 g/mol. The van der Waals surface area contributed by atoms with E-state index < -0.39 is 29.6 Å². The van der Waals surface area contributed by atoms with E-state index in [2.05, 4.69) is 22.8 Å². The minimum Gasteiger partial charge on any atom is -0.479 e. The summed E-state index contributed by atoms with van der Waals surface area (Å²) in [4.78, 5) is 37.1. The van der Waals surface area contributed by atoms with E-state index in [4.69, 9.17) is 9.47 Å². The van der Waals surface area contributed by atoms with Crippen molar-refractivity contribution in [3.8, 4) is 11.1 Å². The van der Waals surface area contributed by atoms with E-state index in [-0.39, 0.29) is 30.9 Å². The van der Waals surface area contributed by atoms with Gasteiger partial charge in [-0.25, -0.2) is 9.59 Å². The van der Waals surface area contributed by atoms with E-state index in [1.54, 1.807) is 0 Å². The molecule has 0 bridgehead atoms. The van der Waals surface area contributed by atoms with Crippen molar-refractivity contribution in [1.29, 1.82) is 0 Å². The first-order valence-corrected chi connectivity index (χ1v) is 11.9. The average Bonchev–Trinajstić information content (AvgIpc) is 3.42. The number of aliphatic carboxylic acids is 1. The normalized spacial score (nSPS) is 20.0. The number of nitrogens with one attached hydrogen (secondary N) is 2. The summed E-state index contributed by atoms with van der Waals surface area (Å²) < 4.78 is 10.9. The number of hydrogen-bond acceptors (Lipinski definition) is 5. The Balaban J connectivity index is 1.38. The number of ether oxygens (including phenoxy) is 2. The first kappa shape index (κ1) is 24.7. The lowest BCUT2D eigenvalue weighted by atomic mass is 9.86. The molecule has 0 aromatic heterocycles. The van der Waals surface area contributed by atoms with Gasteiger partial charge < -0.3 is 25.2 Å². The molecule has 0 spiro atoms. The summed E-state index contributed by atoms with van der Waals surface area (Å²) in [6, 6.07) is 15.3. The fraction of sp³-hybridized carbons (Fsp3) is 0.444. The van der Waals surface area contributed by atoms with Gasteiger partial charge in [-0.2, -0.15) is 0 Å². The van der Waals surface area contributed by atoms with Gasteiger partial charge in [0.05, 0.1) is 0 Å². The molecule has 1 saturated heterocycles. The van der Waals surface area contributed by atoms with Gasteiger partial charge in [0.25, 0.3) is 0 Å². The SMILES string of the molecule is CC(C)(C)[C@H](NC(=O)OCC1c2ccccc2-c2ccccc21)C(=O)NC[C@@H]1CCO[C@@H]1C(=O)O. The lowest BCUT2D eigenvalue weighted by Gasteiger charge is -2.30. The van der Waals surface area contributed by atoms with Gasteiger partial charge in [0.2, 0.25) is 5.91 Å². The first-order chi connectivity index (χ1) is 16.7. The Morgan fingerprint density at radius 1 is 1.06 bits per heavy atom. The molecule has 4 rings (SSSR count). The lowest BCUT2D eigenvalue weighted by molar-refractivity contribution is -0.149. The van der Waals surface area contributed by atoms with Gasteiger partial charge in [0, 0.05) is 25.0 Å². The first-order valence-electron chi connectivity index (χ1n) is 11.9. The number of carboxylic acid groups (broad SMARTS) is 1. The number of carbonyl (C=O) groups is 3. The molecule has 0 radical (unpaired) electrons. The molecule has 1 aliphatic heterocycles. The fourth-order valence-electron chi connectivity index (χ4n) is 4.88. The summed E-state index contributed by atoms with van der Waals surface area (Å²) >= 11 is 0. The van der Waals surface area contributed by atoms with E-state index in [9.17, 15) is 19.5 Å². The third kappa shape index (κ3) is 5.32. The molecule has 8 heteroatoms. The average molecular weight is 481 g/mol. The Hall–Kier alpha value is -3.39. The maximum Gasteiger partial charge on any atom is 0.407 e. The van der Waals surface area contributed by atoms with E-state index in [0.717, 1.165) is 22.3 Å². The zero-order chi connectivity index (χ0) is 25.2. The number of fused-ring (bicyclic) bond motifs is 3. The highest BCUT2D eigenvalue weighted by Crippen LogP contribution is 2.44. The Bertz CT molecular complexity index is 1060. The van der Waals surface area contributed by atoms with Crippen LogP contribution in [-0.2, 0) is 19.1 Å². The molecular formula is C27H32N2O6. The Morgan fingerprint density at radius 3 is 2.23 bits per heavy atom. The lowest BCUT2D eigenvalue weighted by Crippen LogP contribution is -2.54. The molecule has 2 amide bonds. The van der Waals surface area contributed by atoms with E-state index in [0.29, 0.717) is 13.0 Å². The molecule has 1 aliphatic carbocycles. The van der Waals surface area contributed by atoms with E-state index in [1.165, 1.54) is 0 Å². The van der Waals surface area contributed by atoms with Gasteiger partial charge in [-0.15, -0.1) is 0 Å². The van der Waals surface area contributed by atoms with Crippen molar-refractivity contribution >= 4 is 18.0 Å². The quantitative estimate of drug-likeness (QED) is 0.559. The maximum absolute atomic E-state index is 13.0. The Labute approximate surface area is 205 Å². The summed E-state index contributed by atoms with van der Waals surface area (Å²) in [5.74, 6) is -1.81. The zero-order valence-electron chi connectivity index (χ0n) is 20.2. The van der Waals surface area contributed by atoms with Crippen LogP contribution in [-0.4, -0.2) is 55.0 Å². The number of benzene rings is 2. The van der Waals surface area contributed by atoms with Gasteiger partial charge in [0.1, 0.15) is 12.6 Å². The van der Waals surface area contributed by atoms with Crippen molar-refractivity contribution in [3.05, 3.63) is 59.7 Å². The predicted octanol–water partition coefficient (Wildman–Crippen LogP) is 3.55. The van der Waals surface area contributed by atoms with E-state index >= 15 is 0 Å². The summed E-state index contributed by atoms with van der Waals surface area (Å²) in [5.41, 5.74) is 3.91. The van der Waals surface area contributed by atoms with Crippen molar-refractivity contribution in [3.63, 3.8) is 0 Å². The highest BCUT2D eigenvalue weighted by molar-refractivity contribution is 5.86. The van der Waals surface area contributed by atoms with Crippen molar-refractivity contribution in [2.45, 2.75) is 45.3 Å². The molecule has 1 fully saturated rings. The molecule has 2 aromatic rings. The van der Waals surface area contributed by atoms with Gasteiger partial charge in [0.15, 0.2) is 6.10 Å². The number of amides is 2. The van der Waals surface area contributed by atoms with Crippen molar-refractivity contribution < 1.29 is 29.0 Å². The van der Waals surface area contributed by atoms with E-state index in [1.807, 2.05) is 57.2 Å². The molecule has 0 saturated carbocycles. The third-order valence-corrected chi connectivity index (χ3v) is 6.73. The van der Waals surface area contributed by atoms with Crippen LogP contribution in [0.4, 0.5) is 4.79 Å². The number of hydrogen-bond donors (Lipinski definition) is 3. The zero-order valence-corrected chi connectivity index (χ0v) is 20.2. The molecule has 3 atom stereocenters. The molecule has 35 heavy (non-hydrogen) atoms. The second-order valence-corrected chi connectivity index (χ2v) is 10.2. The van der Waals surface area contributed by atoms with Crippen molar-refractivity contribution in [2.75, 3.05) is 19.8 Å². The molecule has 3 N–H and O–H groups in total. The molecule has 1 heterocycles. The Morgan fingerprint density at radius 2 is 1.66 bits per heavy atom. The minimum absolute atomic E-state index is 0.0784. The highest BCUT2D eigenvalue weighted by atomic mass is 16.5. The van der Waals surface area contributed by atoms with Gasteiger partial charge in [-0.3, -0.25) is 4.79 Å². The fourth-order valence-corrected chi connectivity index (χ4v) is 4.88. The number of carbonyl (C=O) groups excluding carboxylic acids is 2. The highest BCUT2D eigenvalue weighted by Gasteiger charge is 2.37. The van der Waals surface area contributed by atoms with Crippen LogP contribution in [0.25, 0.3) is 11.1 Å². The third-order valence-electron chi connectivity index (χ3n) is 6.73. The number of carboxylic acids is 1. The van der Waals surface area contributed by atoms with Crippen LogP contribution < -0.4 is 10.6 Å². The molecular weight excluding hydrogens is 448 g/mol. The summed E-state index contributed by atoms with van der Waals surface area (Å²) in [6.45, 7) is 6.20. The topological polar surface area (TPSA) is 114 Å². The molecule has 8 nitrogen and oxygen atoms in total. The molecule has 2 aliphatic rings. The second kappa shape index (κ2) is 10.1. The van der Waals surface area contributed by atoms with Crippen LogP contribution in [0, 0.1) is 11.3 Å². The van der Waals surface area contributed by atoms with Crippen LogP contribution in [0.3, 0.4) is 0 Å².